The summed E-state index contributed by atoms with van der Waals surface area (Å²) in [5.41, 5.74) is 2.59. The summed E-state index contributed by atoms with van der Waals surface area (Å²) < 4.78 is 0. The average molecular weight is 258 g/mol. The molecule has 0 bridgehead atoms. The maximum atomic E-state index is 9.02. The number of aryl methyl sites for hydroxylation is 1. The third kappa shape index (κ3) is 5.47. The molecule has 0 spiro atoms. The molecule has 2 rings (SSSR count). The highest BCUT2D eigenvalue weighted by Crippen LogP contribution is 2.23. The van der Waals surface area contributed by atoms with E-state index in [4.69, 9.17) is 10.2 Å². The molecule has 0 atom stereocenters. The van der Waals surface area contributed by atoms with Crippen LogP contribution in [0.3, 0.4) is 0 Å². The van der Waals surface area contributed by atoms with Crippen LogP contribution in [0, 0.1) is 6.92 Å². The minimum absolute atomic E-state index is 0.174. The second kappa shape index (κ2) is 6.28. The van der Waals surface area contributed by atoms with Gasteiger partial charge in [-0.05, 0) is 42.2 Å². The van der Waals surface area contributed by atoms with E-state index < -0.39 is 0 Å². The number of hydrogen-bond donors (Lipinski definition) is 2. The summed E-state index contributed by atoms with van der Waals surface area (Å²) in [6, 6.07) is 14.4. The van der Waals surface area contributed by atoms with Crippen LogP contribution in [0.25, 0.3) is 0 Å². The fourth-order valence-corrected chi connectivity index (χ4v) is 1.51. The Morgan fingerprint density at radius 3 is 1.37 bits per heavy atom. The Kier molecular flexibility index (Phi) is 4.99. The number of aromatic hydroxyl groups is 2. The molecule has 2 N–H and O–H groups in total. The van der Waals surface area contributed by atoms with Gasteiger partial charge in [0.15, 0.2) is 0 Å². The predicted octanol–water partition coefficient (Wildman–Crippen LogP) is 4.39. The Balaban J connectivity index is 0.000000200. The summed E-state index contributed by atoms with van der Waals surface area (Å²) >= 11 is 0. The molecule has 102 valence electrons. The fraction of sp³-hybridized carbons (Fsp3) is 0.294. The molecular formula is C17H22O2. The van der Waals surface area contributed by atoms with Crippen molar-refractivity contribution in [2.45, 2.75) is 33.1 Å². The Bertz CT molecular complexity index is 469. The van der Waals surface area contributed by atoms with Gasteiger partial charge in [-0.1, -0.05) is 50.6 Å². The molecule has 0 aromatic heterocycles. The van der Waals surface area contributed by atoms with Crippen molar-refractivity contribution in [3.63, 3.8) is 0 Å². The summed E-state index contributed by atoms with van der Waals surface area (Å²) in [7, 11) is 0. The predicted molar refractivity (Wildman–Crippen MR) is 79.7 cm³/mol. The largest absolute Gasteiger partial charge is 0.508 e. The SMILES string of the molecule is CC(C)(C)c1ccc(O)cc1.Cc1ccc(O)cc1. The van der Waals surface area contributed by atoms with E-state index >= 15 is 0 Å². The smallest absolute Gasteiger partial charge is 0.115 e. The summed E-state index contributed by atoms with van der Waals surface area (Å²) in [5.74, 6) is 0.661. The van der Waals surface area contributed by atoms with Gasteiger partial charge < -0.3 is 10.2 Å². The number of hydrogen-bond acceptors (Lipinski definition) is 2. The zero-order chi connectivity index (χ0) is 14.5. The van der Waals surface area contributed by atoms with Crippen LogP contribution in [0.5, 0.6) is 11.5 Å². The van der Waals surface area contributed by atoms with E-state index in [1.807, 2.05) is 31.2 Å². The lowest BCUT2D eigenvalue weighted by molar-refractivity contribution is 0.474. The monoisotopic (exact) mass is 258 g/mol. The van der Waals surface area contributed by atoms with Crippen LogP contribution < -0.4 is 0 Å². The van der Waals surface area contributed by atoms with Crippen molar-refractivity contribution in [1.82, 2.24) is 0 Å². The van der Waals surface area contributed by atoms with Gasteiger partial charge in [0, 0.05) is 0 Å². The molecular weight excluding hydrogens is 236 g/mol. The van der Waals surface area contributed by atoms with Gasteiger partial charge in [0.1, 0.15) is 11.5 Å². The van der Waals surface area contributed by atoms with E-state index in [9.17, 15) is 0 Å². The van der Waals surface area contributed by atoms with Gasteiger partial charge >= 0.3 is 0 Å². The molecule has 0 heterocycles. The van der Waals surface area contributed by atoms with Gasteiger partial charge in [0.25, 0.3) is 0 Å². The molecule has 0 radical (unpaired) electrons. The van der Waals surface area contributed by atoms with Gasteiger partial charge in [-0.3, -0.25) is 0 Å². The van der Waals surface area contributed by atoms with Crippen molar-refractivity contribution in [3.05, 3.63) is 59.7 Å². The van der Waals surface area contributed by atoms with Crippen molar-refractivity contribution < 1.29 is 10.2 Å². The van der Waals surface area contributed by atoms with E-state index in [1.165, 1.54) is 11.1 Å². The first-order valence-electron chi connectivity index (χ1n) is 6.34. The topological polar surface area (TPSA) is 40.5 Å². The van der Waals surface area contributed by atoms with Gasteiger partial charge in [0.2, 0.25) is 0 Å². The van der Waals surface area contributed by atoms with Crippen molar-refractivity contribution >= 4 is 0 Å². The van der Waals surface area contributed by atoms with Crippen molar-refractivity contribution in [2.75, 3.05) is 0 Å². The first kappa shape index (κ1) is 15.1. The summed E-state index contributed by atoms with van der Waals surface area (Å²) in [6.07, 6.45) is 0. The van der Waals surface area contributed by atoms with E-state index in [1.54, 1.807) is 24.3 Å². The van der Waals surface area contributed by atoms with Gasteiger partial charge in [0.05, 0.1) is 0 Å². The van der Waals surface area contributed by atoms with Crippen LogP contribution in [-0.4, -0.2) is 10.2 Å². The summed E-state index contributed by atoms with van der Waals surface area (Å²) in [5, 5.41) is 17.8. The third-order valence-corrected chi connectivity index (χ3v) is 2.77. The molecule has 0 saturated heterocycles. The Morgan fingerprint density at radius 2 is 1.05 bits per heavy atom. The summed E-state index contributed by atoms with van der Waals surface area (Å²) in [4.78, 5) is 0. The van der Waals surface area contributed by atoms with Gasteiger partial charge in [-0.25, -0.2) is 0 Å². The number of benzene rings is 2. The van der Waals surface area contributed by atoms with Crippen molar-refractivity contribution in [2.24, 2.45) is 0 Å². The highest BCUT2D eigenvalue weighted by atomic mass is 16.3. The molecule has 0 saturated carbocycles. The van der Waals surface area contributed by atoms with E-state index in [2.05, 4.69) is 20.8 Å². The molecule has 0 aliphatic rings. The van der Waals surface area contributed by atoms with Crippen LogP contribution >= 0.6 is 0 Å². The minimum Gasteiger partial charge on any atom is -0.508 e. The zero-order valence-corrected chi connectivity index (χ0v) is 12.0. The maximum absolute atomic E-state index is 9.02. The molecule has 2 nitrogen and oxygen atoms in total. The van der Waals surface area contributed by atoms with E-state index in [0.29, 0.717) is 11.5 Å². The molecule has 0 aliphatic carbocycles. The van der Waals surface area contributed by atoms with Crippen molar-refractivity contribution in [3.8, 4) is 11.5 Å². The first-order valence-corrected chi connectivity index (χ1v) is 6.34. The summed E-state index contributed by atoms with van der Waals surface area (Å²) in [6.45, 7) is 8.44. The van der Waals surface area contributed by atoms with E-state index in [-0.39, 0.29) is 5.41 Å². The lowest BCUT2D eigenvalue weighted by atomic mass is 9.87. The normalized spacial score (nSPS) is 10.5. The molecule has 0 unspecified atom stereocenters. The van der Waals surface area contributed by atoms with Crippen molar-refractivity contribution in [1.29, 1.82) is 0 Å². The highest BCUT2D eigenvalue weighted by Gasteiger charge is 2.12. The van der Waals surface area contributed by atoms with Crippen LogP contribution in [-0.2, 0) is 5.41 Å². The van der Waals surface area contributed by atoms with Gasteiger partial charge in [-0.15, -0.1) is 0 Å². The van der Waals surface area contributed by atoms with Crippen LogP contribution in [0.15, 0.2) is 48.5 Å². The second-order valence-electron chi connectivity index (χ2n) is 5.63. The number of rotatable bonds is 0. The molecule has 0 aliphatic heterocycles. The van der Waals surface area contributed by atoms with Crippen LogP contribution in [0.4, 0.5) is 0 Å². The number of phenols is 2. The molecule has 19 heavy (non-hydrogen) atoms. The molecule has 0 amide bonds. The Hall–Kier alpha value is -1.96. The molecule has 2 aromatic rings. The van der Waals surface area contributed by atoms with Crippen LogP contribution in [0.1, 0.15) is 31.9 Å². The standard InChI is InChI=1S/C10H14O.C7H8O/c1-10(2,3)8-4-6-9(11)7-5-8;1-6-2-4-7(8)5-3-6/h4-7,11H,1-3H3;2-5,8H,1H3. The molecule has 0 fully saturated rings. The van der Waals surface area contributed by atoms with E-state index in [0.717, 1.165) is 0 Å². The number of phenolic OH excluding ortho intramolecular Hbond substituents is 2. The minimum atomic E-state index is 0.174. The Labute approximate surface area is 115 Å². The quantitative estimate of drug-likeness (QED) is 0.735. The second-order valence-corrected chi connectivity index (χ2v) is 5.63. The van der Waals surface area contributed by atoms with Crippen LogP contribution in [0.2, 0.25) is 0 Å². The molecule has 2 aromatic carbocycles. The zero-order valence-electron chi connectivity index (χ0n) is 12.0. The van der Waals surface area contributed by atoms with Gasteiger partial charge in [-0.2, -0.15) is 0 Å². The Morgan fingerprint density at radius 1 is 0.684 bits per heavy atom. The highest BCUT2D eigenvalue weighted by molar-refractivity contribution is 5.29. The fourth-order valence-electron chi connectivity index (χ4n) is 1.51. The average Bonchev–Trinajstić information content (AvgIpc) is 2.33. The maximum Gasteiger partial charge on any atom is 0.115 e. The first-order chi connectivity index (χ1) is 8.79. The molecule has 2 heteroatoms. The lowest BCUT2D eigenvalue weighted by Crippen LogP contribution is -2.10. The lowest BCUT2D eigenvalue weighted by Gasteiger charge is -2.18. The third-order valence-electron chi connectivity index (χ3n) is 2.77.